The van der Waals surface area contributed by atoms with Crippen LogP contribution in [0.5, 0.6) is 0 Å². The fraction of sp³-hybridized carbons (Fsp3) is 0.500. The van der Waals surface area contributed by atoms with Crippen LogP contribution in [0.3, 0.4) is 0 Å². The minimum atomic E-state index is -3.60. The van der Waals surface area contributed by atoms with Crippen molar-refractivity contribution in [1.29, 1.82) is 5.41 Å². The Morgan fingerprint density at radius 3 is 3.06 bits per heavy atom. The zero-order valence-corrected chi connectivity index (χ0v) is 9.77. The quantitative estimate of drug-likeness (QED) is 0.461. The molecule has 0 radical (unpaired) electrons. The van der Waals surface area contributed by atoms with E-state index in [2.05, 4.69) is 10.2 Å². The van der Waals surface area contributed by atoms with E-state index < -0.39 is 16.1 Å². The molecule has 1 aliphatic heterocycles. The normalized spacial score (nSPS) is 22.5. The maximum absolute atomic E-state index is 12.1. The van der Waals surface area contributed by atoms with Gasteiger partial charge in [-0.05, 0) is 6.07 Å². The Bertz CT molecular complexity index is 497. The summed E-state index contributed by atoms with van der Waals surface area (Å²) in [6, 6.07) is 1.38. The van der Waals surface area contributed by atoms with Crippen molar-refractivity contribution in [3.63, 3.8) is 0 Å². The van der Waals surface area contributed by atoms with Crippen molar-refractivity contribution in [3.8, 4) is 0 Å². The first kappa shape index (κ1) is 12.0. The van der Waals surface area contributed by atoms with Crippen LogP contribution in [0.25, 0.3) is 0 Å². The van der Waals surface area contributed by atoms with Crippen LogP contribution in [-0.4, -0.2) is 54.6 Å². The fourth-order valence-corrected chi connectivity index (χ4v) is 2.88. The summed E-state index contributed by atoms with van der Waals surface area (Å²) in [4.78, 5) is 0. The highest BCUT2D eigenvalue weighted by molar-refractivity contribution is 7.89. The highest BCUT2D eigenvalue weighted by Gasteiger charge is 2.32. The second kappa shape index (κ2) is 4.43. The van der Waals surface area contributed by atoms with Gasteiger partial charge in [-0.2, -0.15) is 9.40 Å². The second-order valence-corrected chi connectivity index (χ2v) is 5.51. The number of aromatic amines is 1. The third kappa shape index (κ3) is 2.30. The molecule has 8 nitrogen and oxygen atoms in total. The van der Waals surface area contributed by atoms with Crippen LogP contribution < -0.4 is 5.73 Å². The number of aromatic nitrogens is 2. The molecule has 2 heterocycles. The Kier molecular flexibility index (Phi) is 3.13. The molecule has 1 atom stereocenters. The molecular weight excluding hydrogens is 246 g/mol. The maximum Gasteiger partial charge on any atom is 0.260 e. The summed E-state index contributed by atoms with van der Waals surface area (Å²) in [5, 5.41) is 13.3. The number of H-pyrrole nitrogens is 1. The van der Waals surface area contributed by atoms with E-state index in [1.54, 1.807) is 0 Å². The van der Waals surface area contributed by atoms with E-state index >= 15 is 0 Å². The van der Waals surface area contributed by atoms with E-state index in [0.29, 0.717) is 0 Å². The van der Waals surface area contributed by atoms with E-state index in [9.17, 15) is 8.42 Å². The molecule has 0 amide bonds. The lowest BCUT2D eigenvalue weighted by atomic mass is 10.3. The van der Waals surface area contributed by atoms with E-state index in [1.165, 1.54) is 16.6 Å². The largest absolute Gasteiger partial charge is 0.385 e. The van der Waals surface area contributed by atoms with E-state index in [4.69, 9.17) is 15.9 Å². The maximum atomic E-state index is 12.1. The number of nitrogens with zero attached hydrogens (tertiary/aromatic N) is 2. The van der Waals surface area contributed by atoms with Crippen LogP contribution in [0.15, 0.2) is 17.3 Å². The Hall–Kier alpha value is -1.45. The minimum Gasteiger partial charge on any atom is -0.385 e. The molecule has 1 fully saturated rings. The zero-order valence-electron chi connectivity index (χ0n) is 8.96. The average Bonchev–Trinajstić information content (AvgIpc) is 2.83. The summed E-state index contributed by atoms with van der Waals surface area (Å²) < 4.78 is 30.6. The summed E-state index contributed by atoms with van der Waals surface area (Å²) >= 11 is 0. The number of amidine groups is 1. The third-order valence-corrected chi connectivity index (χ3v) is 4.26. The van der Waals surface area contributed by atoms with Gasteiger partial charge in [-0.25, -0.2) is 8.42 Å². The first-order valence-electron chi connectivity index (χ1n) is 4.97. The van der Waals surface area contributed by atoms with Crippen LogP contribution in [0.4, 0.5) is 0 Å². The van der Waals surface area contributed by atoms with Gasteiger partial charge in [0.2, 0.25) is 0 Å². The molecule has 1 aliphatic rings. The van der Waals surface area contributed by atoms with Gasteiger partial charge in [0.1, 0.15) is 11.9 Å². The molecule has 0 saturated carbocycles. The molecule has 0 aliphatic carbocycles. The van der Waals surface area contributed by atoms with Crippen LogP contribution >= 0.6 is 0 Å². The van der Waals surface area contributed by atoms with Crippen LogP contribution in [0.1, 0.15) is 0 Å². The van der Waals surface area contributed by atoms with E-state index in [0.717, 1.165) is 0 Å². The SMILES string of the molecule is N=C(N)C1CN(S(=O)(=O)c2ccn[nH]2)CCO1. The van der Waals surface area contributed by atoms with Gasteiger partial charge < -0.3 is 10.5 Å². The molecule has 0 bridgehead atoms. The van der Waals surface area contributed by atoms with Crippen molar-refractivity contribution in [3.05, 3.63) is 12.3 Å². The van der Waals surface area contributed by atoms with Crippen molar-refractivity contribution in [2.75, 3.05) is 19.7 Å². The number of ether oxygens (including phenoxy) is 1. The van der Waals surface area contributed by atoms with Gasteiger partial charge in [0.05, 0.1) is 12.8 Å². The van der Waals surface area contributed by atoms with Crippen molar-refractivity contribution in [1.82, 2.24) is 14.5 Å². The number of hydrogen-bond acceptors (Lipinski definition) is 5. The highest BCUT2D eigenvalue weighted by atomic mass is 32.2. The Balaban J connectivity index is 2.20. The van der Waals surface area contributed by atoms with Gasteiger partial charge in [-0.1, -0.05) is 0 Å². The molecule has 1 aromatic rings. The van der Waals surface area contributed by atoms with E-state index in [1.807, 2.05) is 0 Å². The highest BCUT2D eigenvalue weighted by Crippen LogP contribution is 2.16. The molecule has 1 aromatic heterocycles. The van der Waals surface area contributed by atoms with Gasteiger partial charge >= 0.3 is 0 Å². The molecule has 2 rings (SSSR count). The van der Waals surface area contributed by atoms with Crippen LogP contribution in [0, 0.1) is 5.41 Å². The summed E-state index contributed by atoms with van der Waals surface area (Å²) in [5.74, 6) is -0.172. The zero-order chi connectivity index (χ0) is 12.5. The second-order valence-electron chi connectivity index (χ2n) is 3.60. The topological polar surface area (TPSA) is 125 Å². The van der Waals surface area contributed by atoms with Crippen molar-refractivity contribution in [2.24, 2.45) is 5.73 Å². The van der Waals surface area contributed by atoms with Crippen LogP contribution in [-0.2, 0) is 14.8 Å². The molecule has 1 saturated heterocycles. The Labute approximate surface area is 98.3 Å². The number of rotatable bonds is 3. The van der Waals surface area contributed by atoms with Crippen molar-refractivity contribution >= 4 is 15.9 Å². The number of nitrogens with two attached hydrogens (primary N) is 1. The van der Waals surface area contributed by atoms with Crippen molar-refractivity contribution in [2.45, 2.75) is 11.1 Å². The lowest BCUT2D eigenvalue weighted by Crippen LogP contribution is -2.50. The summed E-state index contributed by atoms with van der Waals surface area (Å²) in [6.45, 7) is 0.513. The summed E-state index contributed by atoms with van der Waals surface area (Å²) in [7, 11) is -3.60. The van der Waals surface area contributed by atoms with Crippen LogP contribution in [0.2, 0.25) is 0 Å². The first-order valence-corrected chi connectivity index (χ1v) is 6.41. The molecule has 94 valence electrons. The monoisotopic (exact) mass is 259 g/mol. The Morgan fingerprint density at radius 2 is 2.47 bits per heavy atom. The number of morpholine rings is 1. The lowest BCUT2D eigenvalue weighted by molar-refractivity contribution is 0.0367. The number of hydrogen-bond donors (Lipinski definition) is 3. The van der Waals surface area contributed by atoms with Gasteiger partial charge in [0.25, 0.3) is 10.0 Å². The molecule has 1 unspecified atom stereocenters. The number of nitrogens with one attached hydrogen (secondary N) is 2. The standard InChI is InChI=1S/C8H13N5O3S/c9-8(10)6-5-13(3-4-16-6)17(14,15)7-1-2-11-12-7/h1-2,6H,3-5H2,(H3,9,10)(H,11,12). The van der Waals surface area contributed by atoms with E-state index in [-0.39, 0.29) is 30.6 Å². The third-order valence-electron chi connectivity index (χ3n) is 2.47. The average molecular weight is 259 g/mol. The molecule has 4 N–H and O–H groups in total. The Morgan fingerprint density at radius 1 is 1.71 bits per heavy atom. The fourth-order valence-electron chi connectivity index (χ4n) is 1.56. The number of sulfonamides is 1. The molecule has 0 aromatic carbocycles. The van der Waals surface area contributed by atoms with Gasteiger partial charge in [-0.3, -0.25) is 10.5 Å². The molecule has 0 spiro atoms. The van der Waals surface area contributed by atoms with Gasteiger partial charge in [0, 0.05) is 13.1 Å². The summed E-state index contributed by atoms with van der Waals surface area (Å²) in [6.07, 6.45) is 0.692. The molecular formula is C8H13N5O3S. The minimum absolute atomic E-state index is 0.0294. The van der Waals surface area contributed by atoms with Gasteiger partial charge in [-0.15, -0.1) is 0 Å². The molecule has 17 heavy (non-hydrogen) atoms. The lowest BCUT2D eigenvalue weighted by Gasteiger charge is -2.30. The summed E-state index contributed by atoms with van der Waals surface area (Å²) in [5.41, 5.74) is 5.31. The van der Waals surface area contributed by atoms with Gasteiger partial charge in [0.15, 0.2) is 5.03 Å². The first-order chi connectivity index (χ1) is 8.01. The smallest absolute Gasteiger partial charge is 0.260 e. The predicted molar refractivity (Wildman–Crippen MR) is 59.0 cm³/mol. The predicted octanol–water partition coefficient (Wildman–Crippen LogP) is -1.26. The molecule has 9 heteroatoms. The van der Waals surface area contributed by atoms with Crippen molar-refractivity contribution < 1.29 is 13.2 Å².